The number of rotatable bonds is 4. The Morgan fingerprint density at radius 2 is 1.94 bits per heavy atom. The zero-order chi connectivity index (χ0) is 21.9. The molecule has 0 aliphatic rings. The lowest BCUT2D eigenvalue weighted by Gasteiger charge is -2.15. The van der Waals surface area contributed by atoms with Gasteiger partial charge in [-0.1, -0.05) is 13.8 Å². The van der Waals surface area contributed by atoms with Crippen molar-refractivity contribution in [3.05, 3.63) is 62.0 Å². The second-order valence-electron chi connectivity index (χ2n) is 7.74. The average Bonchev–Trinajstić information content (AvgIpc) is 3.43. The molecule has 31 heavy (non-hydrogen) atoms. The van der Waals surface area contributed by atoms with Crippen molar-refractivity contribution < 1.29 is 4.42 Å². The summed E-state index contributed by atoms with van der Waals surface area (Å²) in [6, 6.07) is 7.18. The number of hydrogen-bond donors (Lipinski definition) is 0. The smallest absolute Gasteiger partial charge is 0.291 e. The first-order valence-corrected chi connectivity index (χ1v) is 11.4. The lowest BCUT2D eigenvalue weighted by molar-refractivity contribution is 0.398. The van der Waals surface area contributed by atoms with Crippen LogP contribution < -0.4 is 5.56 Å². The zero-order valence-electron chi connectivity index (χ0n) is 17.3. The third-order valence-corrected chi connectivity index (χ3v) is 6.74. The second-order valence-corrected chi connectivity index (χ2v) is 10.2. The second kappa shape index (κ2) is 7.38. The van der Waals surface area contributed by atoms with Crippen molar-refractivity contribution in [3.63, 3.8) is 0 Å². The molecule has 0 aromatic carbocycles. The number of aromatic nitrogens is 6. The summed E-state index contributed by atoms with van der Waals surface area (Å²) in [5, 5.41) is 13.0. The van der Waals surface area contributed by atoms with E-state index in [4.69, 9.17) is 9.52 Å². The lowest BCUT2D eigenvalue weighted by atomic mass is 10.2. The van der Waals surface area contributed by atoms with E-state index in [2.05, 4.69) is 45.0 Å². The molecule has 5 aromatic heterocycles. The van der Waals surface area contributed by atoms with Gasteiger partial charge in [0.25, 0.3) is 5.56 Å². The highest BCUT2D eigenvalue weighted by atomic mass is 79.9. The first-order chi connectivity index (χ1) is 14.8. The summed E-state index contributed by atoms with van der Waals surface area (Å²) < 4.78 is 11.3. The van der Waals surface area contributed by atoms with Crippen molar-refractivity contribution >= 4 is 43.0 Å². The number of thiophene rings is 1. The Balaban J connectivity index is 1.64. The molecule has 0 saturated carbocycles. The van der Waals surface area contributed by atoms with Crippen LogP contribution in [0, 0.1) is 6.92 Å². The fourth-order valence-corrected chi connectivity index (χ4v) is 5.09. The lowest BCUT2D eigenvalue weighted by Crippen LogP contribution is -2.30. The molecule has 8 nitrogen and oxygen atoms in total. The summed E-state index contributed by atoms with van der Waals surface area (Å²) in [7, 11) is 0. The van der Waals surface area contributed by atoms with Crippen molar-refractivity contribution in [1.29, 1.82) is 0 Å². The maximum Gasteiger partial charge on any atom is 0.291 e. The van der Waals surface area contributed by atoms with Gasteiger partial charge in [0.05, 0.1) is 19.6 Å². The Labute approximate surface area is 189 Å². The normalized spacial score (nSPS) is 13.0. The van der Waals surface area contributed by atoms with Gasteiger partial charge in [-0.15, -0.1) is 21.5 Å². The van der Waals surface area contributed by atoms with Gasteiger partial charge in [-0.25, -0.2) is 4.68 Å². The van der Waals surface area contributed by atoms with E-state index in [1.54, 1.807) is 17.5 Å². The maximum absolute atomic E-state index is 13.4. The minimum atomic E-state index is -0.519. The SMILES string of the molecule is Cc1ccc(-c2nnc(C(C)n3nc(C(C)C)n4c(cc5sc(Br)cc54)c3=O)o2)cn1. The molecule has 0 aliphatic heterocycles. The number of halogens is 1. The molecule has 0 fully saturated rings. The molecule has 0 aliphatic carbocycles. The monoisotopic (exact) mass is 498 g/mol. The van der Waals surface area contributed by atoms with E-state index in [0.717, 1.165) is 31.1 Å². The number of fused-ring (bicyclic) bond motifs is 3. The van der Waals surface area contributed by atoms with Crippen LogP contribution in [0.15, 0.2) is 43.5 Å². The molecule has 10 heteroatoms. The molecule has 0 radical (unpaired) electrons. The number of nitrogens with zero attached hydrogens (tertiary/aromatic N) is 6. The van der Waals surface area contributed by atoms with E-state index in [9.17, 15) is 4.79 Å². The predicted octanol–water partition coefficient (Wildman–Crippen LogP) is 4.96. The van der Waals surface area contributed by atoms with Crippen molar-refractivity contribution in [2.45, 2.75) is 39.7 Å². The van der Waals surface area contributed by atoms with Crippen LogP contribution >= 0.6 is 27.3 Å². The molecule has 158 valence electrons. The molecule has 0 N–H and O–H groups in total. The summed E-state index contributed by atoms with van der Waals surface area (Å²) in [4.78, 5) is 17.6. The minimum Gasteiger partial charge on any atom is -0.418 e. The molecule has 1 atom stereocenters. The molecule has 0 spiro atoms. The fourth-order valence-electron chi connectivity index (χ4n) is 3.54. The fraction of sp³-hybridized carbons (Fsp3) is 0.286. The number of aryl methyl sites for hydroxylation is 1. The Bertz CT molecular complexity index is 1480. The van der Waals surface area contributed by atoms with Gasteiger partial charge in [0, 0.05) is 17.8 Å². The zero-order valence-corrected chi connectivity index (χ0v) is 19.7. The van der Waals surface area contributed by atoms with E-state index in [0.29, 0.717) is 17.3 Å². The topological polar surface area (TPSA) is 91.1 Å². The third-order valence-electron chi connectivity index (χ3n) is 5.17. The predicted molar refractivity (Wildman–Crippen MR) is 123 cm³/mol. The van der Waals surface area contributed by atoms with Crippen molar-refractivity contribution in [2.24, 2.45) is 0 Å². The first-order valence-electron chi connectivity index (χ1n) is 9.83. The van der Waals surface area contributed by atoms with E-state index < -0.39 is 6.04 Å². The van der Waals surface area contributed by atoms with E-state index in [-0.39, 0.29) is 11.5 Å². The Morgan fingerprint density at radius 1 is 1.13 bits per heavy atom. The number of pyridine rings is 1. The van der Waals surface area contributed by atoms with Crippen LogP contribution in [0.25, 0.3) is 27.2 Å². The van der Waals surface area contributed by atoms with Crippen molar-refractivity contribution in [1.82, 2.24) is 29.4 Å². The van der Waals surface area contributed by atoms with E-state index >= 15 is 0 Å². The summed E-state index contributed by atoms with van der Waals surface area (Å²) in [5.74, 6) is 1.58. The van der Waals surface area contributed by atoms with Crippen LogP contribution in [-0.4, -0.2) is 29.4 Å². The van der Waals surface area contributed by atoms with Crippen LogP contribution in [-0.2, 0) is 0 Å². The standard InChI is InChI=1S/C21H19BrN6O2S/c1-10(2)18-26-28(21(29)15-7-16-14(27(15)18)8-17(22)31-16)12(4)19-24-25-20(30-19)13-6-5-11(3)23-9-13/h5-10,12H,1-4H3. The molecular weight excluding hydrogens is 480 g/mol. The Morgan fingerprint density at radius 3 is 2.65 bits per heavy atom. The van der Waals surface area contributed by atoms with Gasteiger partial charge in [0.15, 0.2) is 0 Å². The van der Waals surface area contributed by atoms with Crippen LogP contribution in [0.2, 0.25) is 0 Å². The van der Waals surface area contributed by atoms with E-state index in [1.165, 1.54) is 4.68 Å². The van der Waals surface area contributed by atoms with E-state index in [1.807, 2.05) is 42.5 Å². The van der Waals surface area contributed by atoms with Gasteiger partial charge >= 0.3 is 0 Å². The number of hydrogen-bond acceptors (Lipinski definition) is 7. The largest absolute Gasteiger partial charge is 0.418 e. The molecule has 5 heterocycles. The molecule has 1 unspecified atom stereocenters. The third kappa shape index (κ3) is 3.30. The summed E-state index contributed by atoms with van der Waals surface area (Å²) in [6.07, 6.45) is 1.69. The quantitative estimate of drug-likeness (QED) is 0.347. The molecule has 0 saturated heterocycles. The van der Waals surface area contributed by atoms with Gasteiger partial charge in [-0.3, -0.25) is 14.2 Å². The highest BCUT2D eigenvalue weighted by Crippen LogP contribution is 2.33. The summed E-state index contributed by atoms with van der Waals surface area (Å²) in [6.45, 7) is 7.87. The molecule has 5 rings (SSSR count). The van der Waals surface area contributed by atoms with Crippen LogP contribution in [0.1, 0.15) is 50.1 Å². The molecular formula is C21H19BrN6O2S. The summed E-state index contributed by atoms with van der Waals surface area (Å²) in [5.41, 5.74) is 3.00. The Hall–Kier alpha value is -2.85. The van der Waals surface area contributed by atoms with Crippen LogP contribution in [0.5, 0.6) is 0 Å². The van der Waals surface area contributed by atoms with Gasteiger partial charge < -0.3 is 4.42 Å². The van der Waals surface area contributed by atoms with Crippen molar-refractivity contribution in [2.75, 3.05) is 0 Å². The maximum atomic E-state index is 13.4. The van der Waals surface area contributed by atoms with Crippen LogP contribution in [0.3, 0.4) is 0 Å². The van der Waals surface area contributed by atoms with Crippen molar-refractivity contribution in [3.8, 4) is 11.5 Å². The highest BCUT2D eigenvalue weighted by molar-refractivity contribution is 9.11. The summed E-state index contributed by atoms with van der Waals surface area (Å²) >= 11 is 5.13. The average molecular weight is 499 g/mol. The van der Waals surface area contributed by atoms with Crippen LogP contribution in [0.4, 0.5) is 0 Å². The minimum absolute atomic E-state index is 0.104. The first kappa shape index (κ1) is 20.1. The van der Waals surface area contributed by atoms with Gasteiger partial charge in [-0.05, 0) is 54.0 Å². The Kier molecular flexibility index (Phi) is 4.78. The molecule has 0 bridgehead atoms. The van der Waals surface area contributed by atoms with Gasteiger partial charge in [0.1, 0.15) is 17.4 Å². The molecule has 0 amide bonds. The molecule has 5 aromatic rings. The van der Waals surface area contributed by atoms with Gasteiger partial charge in [-0.2, -0.15) is 5.10 Å². The highest BCUT2D eigenvalue weighted by Gasteiger charge is 2.24. The van der Waals surface area contributed by atoms with Gasteiger partial charge in [0.2, 0.25) is 11.8 Å².